The summed E-state index contributed by atoms with van der Waals surface area (Å²) in [6, 6.07) is 6.64. The van der Waals surface area contributed by atoms with E-state index >= 15 is 0 Å². The van der Waals surface area contributed by atoms with Crippen LogP contribution in [0.25, 0.3) is 0 Å². The number of aliphatic carboxylic acids is 1. The van der Waals surface area contributed by atoms with Gasteiger partial charge in [0.25, 0.3) is 0 Å². The van der Waals surface area contributed by atoms with Crippen LogP contribution >= 0.6 is 11.6 Å². The standard InChI is InChI=1S/C16H20ClNO3/c1-11(14(19)20)18-15(21)16(7-2-3-8-16)10-12-5-4-6-13(17)9-12/h4-6,9,11H,2-3,7-8,10H2,1H3,(H,18,21)(H,19,20)/t11-/m0/s1. The normalized spacial score (nSPS) is 18.2. The van der Waals surface area contributed by atoms with Gasteiger partial charge in [0, 0.05) is 5.02 Å². The molecule has 5 heteroatoms. The Morgan fingerprint density at radius 3 is 2.62 bits per heavy atom. The molecular formula is C16H20ClNO3. The molecule has 0 spiro atoms. The van der Waals surface area contributed by atoms with Crippen LogP contribution in [0, 0.1) is 5.41 Å². The molecule has 1 atom stereocenters. The minimum atomic E-state index is -1.01. The second kappa shape index (κ2) is 6.48. The van der Waals surface area contributed by atoms with Crippen molar-refractivity contribution in [2.75, 3.05) is 0 Å². The monoisotopic (exact) mass is 309 g/mol. The van der Waals surface area contributed by atoms with E-state index in [0.717, 1.165) is 31.2 Å². The fourth-order valence-corrected chi connectivity index (χ4v) is 3.20. The van der Waals surface area contributed by atoms with Crippen molar-refractivity contribution in [1.82, 2.24) is 5.32 Å². The molecule has 4 nitrogen and oxygen atoms in total. The Morgan fingerprint density at radius 2 is 2.05 bits per heavy atom. The summed E-state index contributed by atoms with van der Waals surface area (Å²) >= 11 is 6.00. The Morgan fingerprint density at radius 1 is 1.38 bits per heavy atom. The zero-order valence-electron chi connectivity index (χ0n) is 12.1. The Balaban J connectivity index is 2.16. The van der Waals surface area contributed by atoms with Crippen molar-refractivity contribution in [3.63, 3.8) is 0 Å². The van der Waals surface area contributed by atoms with Crippen LogP contribution in [-0.2, 0) is 16.0 Å². The summed E-state index contributed by atoms with van der Waals surface area (Å²) in [5.74, 6) is -1.17. The van der Waals surface area contributed by atoms with Gasteiger partial charge in [0.15, 0.2) is 0 Å². The second-order valence-electron chi connectivity index (χ2n) is 5.83. The predicted molar refractivity (Wildman–Crippen MR) is 81.3 cm³/mol. The van der Waals surface area contributed by atoms with E-state index in [9.17, 15) is 9.59 Å². The highest BCUT2D eigenvalue weighted by Crippen LogP contribution is 2.41. The molecule has 0 saturated heterocycles. The third-order valence-corrected chi connectivity index (χ3v) is 4.43. The number of carbonyl (C=O) groups is 2. The molecule has 1 aromatic rings. The zero-order chi connectivity index (χ0) is 15.5. The van der Waals surface area contributed by atoms with Crippen molar-refractivity contribution in [2.45, 2.75) is 45.1 Å². The molecule has 0 bridgehead atoms. The van der Waals surface area contributed by atoms with Crippen molar-refractivity contribution < 1.29 is 14.7 Å². The molecule has 2 N–H and O–H groups in total. The molecule has 1 aliphatic carbocycles. The summed E-state index contributed by atoms with van der Waals surface area (Å²) in [6.45, 7) is 1.49. The lowest BCUT2D eigenvalue weighted by Gasteiger charge is -2.29. The molecule has 21 heavy (non-hydrogen) atoms. The number of carboxylic acid groups (broad SMARTS) is 1. The van der Waals surface area contributed by atoms with Gasteiger partial charge < -0.3 is 10.4 Å². The number of amides is 1. The lowest BCUT2D eigenvalue weighted by molar-refractivity contribution is -0.143. The molecule has 1 saturated carbocycles. The first kappa shape index (κ1) is 15.8. The lowest BCUT2D eigenvalue weighted by atomic mass is 9.79. The van der Waals surface area contributed by atoms with E-state index in [2.05, 4.69) is 5.32 Å². The summed E-state index contributed by atoms with van der Waals surface area (Å²) in [7, 11) is 0. The minimum absolute atomic E-state index is 0.158. The molecule has 0 aromatic heterocycles. The highest BCUT2D eigenvalue weighted by Gasteiger charge is 2.41. The molecule has 0 aliphatic heterocycles. The van der Waals surface area contributed by atoms with Crippen molar-refractivity contribution in [2.24, 2.45) is 5.41 Å². The lowest BCUT2D eigenvalue weighted by Crippen LogP contribution is -2.47. The number of hydrogen-bond donors (Lipinski definition) is 2. The van der Waals surface area contributed by atoms with Crippen LogP contribution in [-0.4, -0.2) is 23.0 Å². The Hall–Kier alpha value is -1.55. The van der Waals surface area contributed by atoms with E-state index in [1.165, 1.54) is 6.92 Å². The van der Waals surface area contributed by atoms with Crippen molar-refractivity contribution >= 4 is 23.5 Å². The number of carboxylic acids is 1. The molecule has 2 rings (SSSR count). The van der Waals surface area contributed by atoms with Crippen LogP contribution in [0.4, 0.5) is 0 Å². The van der Waals surface area contributed by atoms with Gasteiger partial charge in [-0.2, -0.15) is 0 Å². The fraction of sp³-hybridized carbons (Fsp3) is 0.500. The van der Waals surface area contributed by atoms with E-state index in [1.54, 1.807) is 6.07 Å². The van der Waals surface area contributed by atoms with E-state index < -0.39 is 17.4 Å². The topological polar surface area (TPSA) is 66.4 Å². The maximum Gasteiger partial charge on any atom is 0.325 e. The first-order chi connectivity index (χ1) is 9.93. The molecule has 0 unspecified atom stereocenters. The number of carbonyl (C=O) groups excluding carboxylic acids is 1. The van der Waals surface area contributed by atoms with Crippen LogP contribution in [0.2, 0.25) is 5.02 Å². The van der Waals surface area contributed by atoms with Gasteiger partial charge in [-0.15, -0.1) is 0 Å². The molecule has 114 valence electrons. The largest absolute Gasteiger partial charge is 0.480 e. The quantitative estimate of drug-likeness (QED) is 0.878. The average Bonchev–Trinajstić information content (AvgIpc) is 2.88. The van der Waals surface area contributed by atoms with E-state index in [1.807, 2.05) is 18.2 Å². The number of hydrogen-bond acceptors (Lipinski definition) is 2. The van der Waals surface area contributed by atoms with Crippen molar-refractivity contribution in [3.05, 3.63) is 34.9 Å². The summed E-state index contributed by atoms with van der Waals surface area (Å²) in [5, 5.41) is 12.2. The first-order valence-electron chi connectivity index (χ1n) is 7.21. The molecule has 0 radical (unpaired) electrons. The molecule has 1 amide bonds. The van der Waals surface area contributed by atoms with Crippen molar-refractivity contribution in [3.8, 4) is 0 Å². The van der Waals surface area contributed by atoms with Crippen LogP contribution in [0.5, 0.6) is 0 Å². The van der Waals surface area contributed by atoms with Gasteiger partial charge in [-0.05, 0) is 43.9 Å². The van der Waals surface area contributed by atoms with Gasteiger partial charge in [-0.3, -0.25) is 9.59 Å². The van der Waals surface area contributed by atoms with Gasteiger partial charge in [-0.25, -0.2) is 0 Å². The fourth-order valence-electron chi connectivity index (χ4n) is 2.99. The van der Waals surface area contributed by atoms with Crippen LogP contribution in [0.1, 0.15) is 38.2 Å². The Kier molecular flexibility index (Phi) is 4.88. The number of benzene rings is 1. The molecule has 1 fully saturated rings. The Bertz CT molecular complexity index is 538. The zero-order valence-corrected chi connectivity index (χ0v) is 12.8. The average molecular weight is 310 g/mol. The number of nitrogens with one attached hydrogen (secondary N) is 1. The second-order valence-corrected chi connectivity index (χ2v) is 6.26. The molecule has 1 aromatic carbocycles. The van der Waals surface area contributed by atoms with Gasteiger partial charge in [0.05, 0.1) is 5.41 Å². The number of halogens is 1. The molecule has 0 heterocycles. The third kappa shape index (κ3) is 3.76. The maximum atomic E-state index is 12.6. The molecule has 1 aliphatic rings. The van der Waals surface area contributed by atoms with E-state index in [4.69, 9.17) is 16.7 Å². The maximum absolute atomic E-state index is 12.6. The minimum Gasteiger partial charge on any atom is -0.480 e. The SMILES string of the molecule is C[C@H](NC(=O)C1(Cc2cccc(Cl)c2)CCCC1)C(=O)O. The van der Waals surface area contributed by atoms with Crippen molar-refractivity contribution in [1.29, 1.82) is 0 Å². The summed E-state index contributed by atoms with van der Waals surface area (Å²) in [6.07, 6.45) is 4.17. The third-order valence-electron chi connectivity index (χ3n) is 4.19. The van der Waals surface area contributed by atoms with Crippen LogP contribution < -0.4 is 5.32 Å². The molecular weight excluding hydrogens is 290 g/mol. The van der Waals surface area contributed by atoms with E-state index in [-0.39, 0.29) is 5.91 Å². The highest BCUT2D eigenvalue weighted by atomic mass is 35.5. The van der Waals surface area contributed by atoms with Crippen LogP contribution in [0.3, 0.4) is 0 Å². The summed E-state index contributed by atoms with van der Waals surface area (Å²) < 4.78 is 0. The smallest absolute Gasteiger partial charge is 0.325 e. The van der Waals surface area contributed by atoms with E-state index in [0.29, 0.717) is 11.4 Å². The number of rotatable bonds is 5. The van der Waals surface area contributed by atoms with Gasteiger partial charge in [0.1, 0.15) is 6.04 Å². The van der Waals surface area contributed by atoms with Gasteiger partial charge >= 0.3 is 5.97 Å². The van der Waals surface area contributed by atoms with Gasteiger partial charge in [0.2, 0.25) is 5.91 Å². The highest BCUT2D eigenvalue weighted by molar-refractivity contribution is 6.30. The summed E-state index contributed by atoms with van der Waals surface area (Å²) in [5.41, 5.74) is 0.511. The van der Waals surface area contributed by atoms with Gasteiger partial charge in [-0.1, -0.05) is 36.6 Å². The first-order valence-corrected chi connectivity index (χ1v) is 7.59. The van der Waals surface area contributed by atoms with Crippen LogP contribution in [0.15, 0.2) is 24.3 Å². The summed E-state index contributed by atoms with van der Waals surface area (Å²) in [4.78, 5) is 23.5. The Labute approximate surface area is 129 Å². The predicted octanol–water partition coefficient (Wildman–Crippen LogP) is 3.03.